The fourth-order valence-corrected chi connectivity index (χ4v) is 3.13. The molecule has 0 amide bonds. The van der Waals surface area contributed by atoms with Crippen LogP contribution in [0, 0.1) is 0 Å². The van der Waals surface area contributed by atoms with Crippen molar-refractivity contribution in [1.82, 2.24) is 0 Å². The molecule has 20 heavy (non-hydrogen) atoms. The van der Waals surface area contributed by atoms with Crippen LogP contribution in [0.2, 0.25) is 0 Å². The Morgan fingerprint density at radius 2 is 2.15 bits per heavy atom. The predicted molar refractivity (Wildman–Crippen MR) is 74.0 cm³/mol. The van der Waals surface area contributed by atoms with Gasteiger partial charge in [-0.1, -0.05) is 6.92 Å². The highest BCUT2D eigenvalue weighted by molar-refractivity contribution is 7.53. The molecule has 0 aromatic heterocycles. The van der Waals surface area contributed by atoms with Crippen LogP contribution in [0.15, 0.2) is 0 Å². The maximum atomic E-state index is 13.5. The third-order valence-corrected chi connectivity index (χ3v) is 5.40. The Hall–Kier alpha value is 0.0249. The first-order valence-electron chi connectivity index (χ1n) is 6.71. The second kappa shape index (κ2) is 6.42. The van der Waals surface area contributed by atoms with Crippen molar-refractivity contribution >= 4 is 15.4 Å². The zero-order valence-electron chi connectivity index (χ0n) is 12.2. The van der Waals surface area contributed by atoms with Crippen molar-refractivity contribution in [2.45, 2.75) is 69.4 Å². The summed E-state index contributed by atoms with van der Waals surface area (Å²) >= 11 is 0. The zero-order chi connectivity index (χ0) is 15.7. The lowest BCUT2D eigenvalue weighted by molar-refractivity contribution is -0.0382. The summed E-state index contributed by atoms with van der Waals surface area (Å²) in [7, 11) is -2.67. The van der Waals surface area contributed by atoms with Crippen LogP contribution in [0.3, 0.4) is 0 Å². The Morgan fingerprint density at radius 3 is 2.50 bits per heavy atom. The van der Waals surface area contributed by atoms with E-state index < -0.39 is 43.4 Å². The molecule has 3 N–H and O–H groups in total. The molecule has 118 valence electrons. The molecule has 1 heterocycles. The summed E-state index contributed by atoms with van der Waals surface area (Å²) in [5.74, 6) is -1.52. The van der Waals surface area contributed by atoms with E-state index in [0.29, 0.717) is 6.42 Å². The Bertz CT molecular complexity index is 384. The van der Waals surface area contributed by atoms with Gasteiger partial charge < -0.3 is 24.4 Å². The Morgan fingerprint density at radius 1 is 1.60 bits per heavy atom. The van der Waals surface area contributed by atoms with Crippen LogP contribution in [-0.2, 0) is 13.8 Å². The van der Waals surface area contributed by atoms with Gasteiger partial charge in [-0.15, -0.1) is 0 Å². The average molecular weight is 312 g/mol. The minimum Gasteiger partial charge on any atom is -0.387 e. The zero-order valence-corrected chi connectivity index (χ0v) is 13.1. The summed E-state index contributed by atoms with van der Waals surface area (Å²) in [6.45, 7) is 4.47. The summed E-state index contributed by atoms with van der Waals surface area (Å²) < 4.78 is 35.8. The lowest BCUT2D eigenvalue weighted by atomic mass is 9.90. The lowest BCUT2D eigenvalue weighted by Gasteiger charge is -2.34. The van der Waals surface area contributed by atoms with Crippen molar-refractivity contribution in [2.24, 2.45) is 0 Å². The lowest BCUT2D eigenvalue weighted by Crippen LogP contribution is -2.38. The van der Waals surface area contributed by atoms with E-state index in [0.717, 1.165) is 6.92 Å². The largest absolute Gasteiger partial charge is 0.387 e. The average Bonchev–Trinajstić information content (AvgIpc) is 2.56. The number of hydrogen-bond donors (Lipinski definition) is 3. The van der Waals surface area contributed by atoms with E-state index in [1.807, 2.05) is 0 Å². The Balaban J connectivity index is 2.78. The second-order valence-electron chi connectivity index (χ2n) is 5.61. The van der Waals surface area contributed by atoms with E-state index >= 15 is 0 Å². The normalized spacial score (nSPS) is 38.1. The van der Waals surface area contributed by atoms with Gasteiger partial charge in [0.1, 0.15) is 20.1 Å². The first-order valence-corrected chi connectivity index (χ1v) is 8.36. The van der Waals surface area contributed by atoms with Crippen molar-refractivity contribution in [3.63, 3.8) is 0 Å². The van der Waals surface area contributed by atoms with Gasteiger partial charge in [-0.25, -0.2) is 4.39 Å². The molecule has 0 radical (unpaired) electrons. The highest BCUT2D eigenvalue weighted by Crippen LogP contribution is 2.51. The van der Waals surface area contributed by atoms with Crippen LogP contribution in [-0.4, -0.2) is 58.8 Å². The highest BCUT2D eigenvalue weighted by atomic mass is 31.2. The molecule has 0 aromatic rings. The maximum Gasteiger partial charge on any atom is 0.356 e. The van der Waals surface area contributed by atoms with Crippen molar-refractivity contribution in [3.8, 4) is 0 Å². The molecule has 1 rings (SSSR count). The first kappa shape index (κ1) is 18.1. The molecule has 0 aromatic carbocycles. The van der Waals surface area contributed by atoms with Crippen LogP contribution in [0.25, 0.3) is 0 Å². The minimum atomic E-state index is -4.18. The van der Waals surface area contributed by atoms with Crippen LogP contribution >= 0.6 is 7.60 Å². The van der Waals surface area contributed by atoms with Crippen molar-refractivity contribution < 1.29 is 33.3 Å². The van der Waals surface area contributed by atoms with Crippen molar-refractivity contribution in [3.05, 3.63) is 0 Å². The third kappa shape index (κ3) is 4.03. The molecule has 1 aliphatic heterocycles. The van der Waals surface area contributed by atoms with E-state index in [2.05, 4.69) is 0 Å². The van der Waals surface area contributed by atoms with Gasteiger partial charge in [0.05, 0.1) is 17.7 Å². The molecule has 1 aliphatic rings. The number of ether oxygens (including phenoxy) is 1. The van der Waals surface area contributed by atoms with Gasteiger partial charge in [-0.05, 0) is 20.3 Å². The van der Waals surface area contributed by atoms with Crippen LogP contribution in [0.1, 0.15) is 33.6 Å². The van der Waals surface area contributed by atoms with Gasteiger partial charge in [0.25, 0.3) is 0 Å². The Labute approximate surface area is 119 Å². The third-order valence-electron chi connectivity index (χ3n) is 3.75. The fraction of sp³-hybridized carbons (Fsp3) is 1.00. The van der Waals surface area contributed by atoms with E-state index in [9.17, 15) is 24.1 Å². The Kier molecular flexibility index (Phi) is 5.80. The molecule has 0 spiro atoms. The van der Waals surface area contributed by atoms with Crippen LogP contribution in [0.5, 0.6) is 0 Å². The number of hydrogen-bond acceptors (Lipinski definition) is 5. The SMILES string of the molecule is B[C@@H]1O[C@H](CC(C)(CC)OP(=O)(O)C(C)O)[C@@H](O)[C@H]1F. The summed E-state index contributed by atoms with van der Waals surface area (Å²) in [5, 5.41) is 19.0. The van der Waals surface area contributed by atoms with E-state index in [1.54, 1.807) is 13.8 Å². The molecule has 6 nitrogen and oxygen atoms in total. The van der Waals surface area contributed by atoms with Crippen LogP contribution < -0.4 is 0 Å². The summed E-state index contributed by atoms with van der Waals surface area (Å²) in [6.07, 6.45) is -3.17. The smallest absolute Gasteiger partial charge is 0.356 e. The summed E-state index contributed by atoms with van der Waals surface area (Å²) in [5.41, 5.74) is -1.10. The van der Waals surface area contributed by atoms with Crippen LogP contribution in [0.4, 0.5) is 4.39 Å². The molecule has 7 atom stereocenters. The molecule has 1 fully saturated rings. The van der Waals surface area contributed by atoms with Crippen molar-refractivity contribution in [2.75, 3.05) is 0 Å². The molecule has 0 bridgehead atoms. The van der Waals surface area contributed by atoms with E-state index in [-0.39, 0.29) is 6.42 Å². The van der Waals surface area contributed by atoms with Gasteiger partial charge in [-0.3, -0.25) is 4.57 Å². The number of aliphatic hydroxyl groups is 2. The quantitative estimate of drug-likeness (QED) is 0.477. The topological polar surface area (TPSA) is 96.2 Å². The fourth-order valence-electron chi connectivity index (χ4n) is 2.15. The number of rotatable bonds is 6. The van der Waals surface area contributed by atoms with Gasteiger partial charge in [-0.2, -0.15) is 0 Å². The number of halogens is 1. The molecule has 0 saturated carbocycles. The highest BCUT2D eigenvalue weighted by Gasteiger charge is 2.46. The molecular weight excluding hydrogens is 289 g/mol. The number of aliphatic hydroxyl groups excluding tert-OH is 2. The standard InChI is InChI=1S/C11H23BFO6P/c1-4-11(3,19-20(16,17)6(2)14)5-7-9(15)8(13)10(12)18-7/h6-10,14-15H,4-5,12H2,1-3H3,(H,16,17)/t6?,7-,8-,9-,10-,11?/m1/s1. The van der Waals surface area contributed by atoms with Crippen molar-refractivity contribution in [1.29, 1.82) is 0 Å². The monoisotopic (exact) mass is 312 g/mol. The second-order valence-corrected chi connectivity index (χ2v) is 7.67. The maximum absolute atomic E-state index is 13.5. The summed E-state index contributed by atoms with van der Waals surface area (Å²) in [6, 6.07) is -0.728. The molecule has 1 saturated heterocycles. The molecular formula is C11H23BFO6P. The van der Waals surface area contributed by atoms with E-state index in [1.165, 1.54) is 7.85 Å². The molecule has 3 unspecified atom stereocenters. The molecule has 9 heteroatoms. The van der Waals surface area contributed by atoms with Gasteiger partial charge in [0.2, 0.25) is 0 Å². The minimum absolute atomic E-state index is 0.0622. The van der Waals surface area contributed by atoms with Gasteiger partial charge >= 0.3 is 7.60 Å². The summed E-state index contributed by atoms with van der Waals surface area (Å²) in [4.78, 5) is 9.61. The number of alkyl halides is 1. The first-order chi connectivity index (χ1) is 9.02. The van der Waals surface area contributed by atoms with Gasteiger partial charge in [0.15, 0.2) is 5.85 Å². The molecule has 0 aliphatic carbocycles. The van der Waals surface area contributed by atoms with E-state index in [4.69, 9.17) is 9.26 Å². The predicted octanol–water partition coefficient (Wildman–Crippen LogP) is 0.142. The van der Waals surface area contributed by atoms with Gasteiger partial charge in [0, 0.05) is 6.42 Å².